The first kappa shape index (κ1) is 23.0. The second-order valence-corrected chi connectivity index (χ2v) is 6.67. The largest absolute Gasteiger partial charge is 0.507 e. The summed E-state index contributed by atoms with van der Waals surface area (Å²) in [7, 11) is 0. The average Bonchev–Trinajstić information content (AvgIpc) is 2.71. The van der Waals surface area contributed by atoms with Gasteiger partial charge in [0.2, 0.25) is 0 Å². The lowest BCUT2D eigenvalue weighted by Gasteiger charge is -2.15. The molecule has 0 radical (unpaired) electrons. The van der Waals surface area contributed by atoms with Gasteiger partial charge >= 0.3 is 12.4 Å². The molecule has 0 unspecified atom stereocenters. The van der Waals surface area contributed by atoms with Crippen LogP contribution >= 0.6 is 0 Å². The van der Waals surface area contributed by atoms with Crippen LogP contribution in [-0.4, -0.2) is 16.0 Å². The van der Waals surface area contributed by atoms with E-state index in [1.807, 2.05) is 0 Å². The molecule has 0 aliphatic rings. The third-order valence-electron chi connectivity index (χ3n) is 4.44. The Morgan fingerprint density at radius 3 is 2.09 bits per heavy atom. The van der Waals surface area contributed by atoms with E-state index in [2.05, 4.69) is 10.3 Å². The highest BCUT2D eigenvalue weighted by atomic mass is 19.4. The standard InChI is InChI=1S/C21H13F7N2O2/c22-15-1-2-17(18(31)8-15)16-3-4-29-9-12(16)10-30-19(32)11-5-13(20(23,24)25)7-14(6-11)21(26,27)28/h1-9,31H,10H2,(H,30,32). The summed E-state index contributed by atoms with van der Waals surface area (Å²) >= 11 is 0. The summed E-state index contributed by atoms with van der Waals surface area (Å²) in [6, 6.07) is 5.22. The molecule has 2 aromatic carbocycles. The summed E-state index contributed by atoms with van der Waals surface area (Å²) in [5.74, 6) is -2.28. The molecule has 0 aliphatic carbocycles. The average molecular weight is 458 g/mol. The highest BCUT2D eigenvalue weighted by molar-refractivity contribution is 5.94. The maximum Gasteiger partial charge on any atom is 0.416 e. The number of amides is 1. The van der Waals surface area contributed by atoms with Crippen LogP contribution in [0.25, 0.3) is 11.1 Å². The number of phenolic OH excluding ortho intramolecular Hbond substituents is 1. The molecule has 3 rings (SSSR count). The van der Waals surface area contributed by atoms with Gasteiger partial charge in [-0.05, 0) is 47.5 Å². The smallest absolute Gasteiger partial charge is 0.416 e. The molecule has 11 heteroatoms. The number of carbonyl (C=O) groups is 1. The molecule has 0 saturated heterocycles. The van der Waals surface area contributed by atoms with Gasteiger partial charge < -0.3 is 10.4 Å². The van der Waals surface area contributed by atoms with Crippen LogP contribution in [0.1, 0.15) is 27.0 Å². The predicted octanol–water partition coefficient (Wildman–Crippen LogP) is 5.56. The molecule has 0 atom stereocenters. The summed E-state index contributed by atoms with van der Waals surface area (Å²) in [6.45, 7) is -0.337. The first-order chi connectivity index (χ1) is 14.9. The first-order valence-corrected chi connectivity index (χ1v) is 8.85. The van der Waals surface area contributed by atoms with Crippen LogP contribution in [0, 0.1) is 5.82 Å². The Kier molecular flexibility index (Phi) is 6.11. The normalized spacial score (nSPS) is 12.0. The van der Waals surface area contributed by atoms with E-state index in [4.69, 9.17) is 0 Å². The van der Waals surface area contributed by atoms with Crippen molar-refractivity contribution >= 4 is 5.91 Å². The Bertz CT molecular complexity index is 1130. The third-order valence-corrected chi connectivity index (χ3v) is 4.44. The predicted molar refractivity (Wildman–Crippen MR) is 98.9 cm³/mol. The van der Waals surface area contributed by atoms with Crippen molar-refractivity contribution in [1.29, 1.82) is 0 Å². The zero-order valence-corrected chi connectivity index (χ0v) is 15.9. The van der Waals surface area contributed by atoms with Crippen molar-refractivity contribution < 1.29 is 40.6 Å². The van der Waals surface area contributed by atoms with E-state index in [1.54, 1.807) is 0 Å². The van der Waals surface area contributed by atoms with Gasteiger partial charge in [-0.2, -0.15) is 26.3 Å². The maximum absolute atomic E-state index is 13.2. The molecular weight excluding hydrogens is 445 g/mol. The number of pyridine rings is 1. The van der Waals surface area contributed by atoms with E-state index >= 15 is 0 Å². The van der Waals surface area contributed by atoms with Crippen molar-refractivity contribution in [2.45, 2.75) is 18.9 Å². The molecule has 1 heterocycles. The number of nitrogens with zero attached hydrogens (tertiary/aromatic N) is 1. The number of halogens is 7. The van der Waals surface area contributed by atoms with Gasteiger partial charge in [0, 0.05) is 36.1 Å². The zero-order valence-electron chi connectivity index (χ0n) is 15.9. The lowest BCUT2D eigenvalue weighted by atomic mass is 10.0. The summed E-state index contributed by atoms with van der Waals surface area (Å²) < 4.78 is 91.2. The van der Waals surface area contributed by atoms with E-state index in [0.29, 0.717) is 17.7 Å². The number of benzene rings is 2. The lowest BCUT2D eigenvalue weighted by molar-refractivity contribution is -0.143. The molecule has 1 amide bonds. The number of hydrogen-bond donors (Lipinski definition) is 2. The van der Waals surface area contributed by atoms with Crippen LogP contribution in [0.2, 0.25) is 0 Å². The molecule has 168 valence electrons. The molecule has 0 aliphatic heterocycles. The zero-order chi connectivity index (χ0) is 23.7. The maximum atomic E-state index is 13.2. The molecule has 1 aromatic heterocycles. The molecule has 2 N–H and O–H groups in total. The third kappa shape index (κ3) is 5.16. The molecule has 0 fully saturated rings. The fourth-order valence-electron chi connectivity index (χ4n) is 2.93. The highest BCUT2D eigenvalue weighted by Gasteiger charge is 2.37. The Morgan fingerprint density at radius 2 is 1.53 bits per heavy atom. The Hall–Kier alpha value is -3.63. The molecule has 32 heavy (non-hydrogen) atoms. The summed E-state index contributed by atoms with van der Waals surface area (Å²) in [6.07, 6.45) is -7.54. The first-order valence-electron chi connectivity index (χ1n) is 8.85. The van der Waals surface area contributed by atoms with Crippen LogP contribution in [0.5, 0.6) is 5.75 Å². The molecular formula is C21H13F7N2O2. The number of carbonyl (C=O) groups excluding carboxylic acids is 1. The number of phenols is 1. The number of hydrogen-bond acceptors (Lipinski definition) is 3. The summed E-state index contributed by atoms with van der Waals surface area (Å²) in [4.78, 5) is 16.2. The molecule has 0 saturated carbocycles. The Balaban J connectivity index is 1.90. The van der Waals surface area contributed by atoms with E-state index < -0.39 is 46.5 Å². The van der Waals surface area contributed by atoms with Crippen LogP contribution in [0.15, 0.2) is 54.9 Å². The van der Waals surface area contributed by atoms with E-state index in [0.717, 1.165) is 12.1 Å². The molecule has 0 bridgehead atoms. The van der Waals surface area contributed by atoms with Gasteiger partial charge in [-0.25, -0.2) is 4.39 Å². The van der Waals surface area contributed by atoms with Crippen LogP contribution < -0.4 is 5.32 Å². The lowest BCUT2D eigenvalue weighted by Crippen LogP contribution is -2.24. The van der Waals surface area contributed by atoms with Gasteiger partial charge in [0.1, 0.15) is 11.6 Å². The SMILES string of the molecule is O=C(NCc1cnccc1-c1ccc(F)cc1O)c1cc(C(F)(F)F)cc(C(F)(F)F)c1. The Morgan fingerprint density at radius 1 is 0.906 bits per heavy atom. The number of aromatic nitrogens is 1. The Labute approximate surface area is 176 Å². The molecule has 3 aromatic rings. The number of nitrogens with one attached hydrogen (secondary N) is 1. The second kappa shape index (κ2) is 8.48. The highest BCUT2D eigenvalue weighted by Crippen LogP contribution is 2.36. The minimum atomic E-state index is -5.09. The van der Waals surface area contributed by atoms with Crippen molar-refractivity contribution in [1.82, 2.24) is 10.3 Å². The van der Waals surface area contributed by atoms with Crippen molar-refractivity contribution in [3.05, 3.63) is 82.9 Å². The van der Waals surface area contributed by atoms with Crippen LogP contribution in [-0.2, 0) is 18.9 Å². The van der Waals surface area contributed by atoms with Crippen LogP contribution in [0.3, 0.4) is 0 Å². The molecule has 0 spiro atoms. The minimum Gasteiger partial charge on any atom is -0.507 e. The quantitative estimate of drug-likeness (QED) is 0.504. The van der Waals surface area contributed by atoms with E-state index in [1.165, 1.54) is 24.5 Å². The van der Waals surface area contributed by atoms with E-state index in [9.17, 15) is 40.6 Å². The molecule has 4 nitrogen and oxygen atoms in total. The monoisotopic (exact) mass is 458 g/mol. The van der Waals surface area contributed by atoms with Gasteiger partial charge in [0.25, 0.3) is 5.91 Å². The number of aromatic hydroxyl groups is 1. The summed E-state index contributed by atoms with van der Waals surface area (Å²) in [5.41, 5.74) is -3.26. The topological polar surface area (TPSA) is 62.2 Å². The van der Waals surface area contributed by atoms with Gasteiger partial charge in [-0.1, -0.05) is 0 Å². The minimum absolute atomic E-state index is 0.0761. The fraction of sp³-hybridized carbons (Fsp3) is 0.143. The van der Waals surface area contributed by atoms with Crippen molar-refractivity contribution in [3.8, 4) is 16.9 Å². The fourth-order valence-corrected chi connectivity index (χ4v) is 2.93. The van der Waals surface area contributed by atoms with Crippen molar-refractivity contribution in [2.75, 3.05) is 0 Å². The van der Waals surface area contributed by atoms with Crippen molar-refractivity contribution in [2.24, 2.45) is 0 Å². The van der Waals surface area contributed by atoms with Gasteiger partial charge in [-0.3, -0.25) is 9.78 Å². The summed E-state index contributed by atoms with van der Waals surface area (Å²) in [5, 5.41) is 12.2. The van der Waals surface area contributed by atoms with Crippen molar-refractivity contribution in [3.63, 3.8) is 0 Å². The second-order valence-electron chi connectivity index (χ2n) is 6.67. The van der Waals surface area contributed by atoms with Crippen LogP contribution in [0.4, 0.5) is 30.7 Å². The number of rotatable bonds is 4. The van der Waals surface area contributed by atoms with Gasteiger partial charge in [0.15, 0.2) is 0 Å². The van der Waals surface area contributed by atoms with Gasteiger partial charge in [0.05, 0.1) is 11.1 Å². The van der Waals surface area contributed by atoms with E-state index in [-0.39, 0.29) is 23.7 Å². The number of alkyl halides is 6. The van der Waals surface area contributed by atoms with Gasteiger partial charge in [-0.15, -0.1) is 0 Å².